The molecule has 0 aromatic heterocycles. The Kier molecular flexibility index (Phi) is 4.83. The van der Waals surface area contributed by atoms with Crippen LogP contribution in [0.2, 0.25) is 0 Å². The maximum absolute atomic E-state index is 10.6. The van der Waals surface area contributed by atoms with Crippen molar-refractivity contribution in [2.45, 2.75) is 20.3 Å². The smallest absolute Gasteiger partial charge is 0.274 e. The van der Waals surface area contributed by atoms with Crippen molar-refractivity contribution >= 4 is 10.2 Å². The molecule has 6 heteroatoms. The molecular formula is C7H18N2O3S. The molecule has 3 N–H and O–H groups in total. The number of hydrogen-bond acceptors (Lipinski definition) is 3. The number of ether oxygens (including phenoxy) is 1. The van der Waals surface area contributed by atoms with Gasteiger partial charge in [0.1, 0.15) is 0 Å². The molecule has 0 amide bonds. The zero-order chi connectivity index (χ0) is 10.5. The first-order chi connectivity index (χ1) is 5.77. The van der Waals surface area contributed by atoms with Crippen molar-refractivity contribution in [1.29, 1.82) is 0 Å². The normalized spacial score (nSPS) is 13.2. The molecule has 0 rings (SSSR count). The number of nitrogens with two attached hydrogens (primary N) is 1. The molecule has 0 saturated heterocycles. The molecule has 13 heavy (non-hydrogen) atoms. The zero-order valence-corrected chi connectivity index (χ0v) is 9.15. The summed E-state index contributed by atoms with van der Waals surface area (Å²) in [6, 6.07) is 0. The Morgan fingerprint density at radius 3 is 2.38 bits per heavy atom. The molecule has 0 bridgehead atoms. The van der Waals surface area contributed by atoms with Crippen LogP contribution in [0.5, 0.6) is 0 Å². The van der Waals surface area contributed by atoms with E-state index in [2.05, 4.69) is 4.72 Å². The highest BCUT2D eigenvalue weighted by Gasteiger charge is 2.19. The highest BCUT2D eigenvalue weighted by Crippen LogP contribution is 2.18. The van der Waals surface area contributed by atoms with Crippen molar-refractivity contribution in [3.63, 3.8) is 0 Å². The van der Waals surface area contributed by atoms with Crippen molar-refractivity contribution in [3.05, 3.63) is 0 Å². The van der Waals surface area contributed by atoms with Crippen LogP contribution in [0.3, 0.4) is 0 Å². The second-order valence-corrected chi connectivity index (χ2v) is 5.15. The van der Waals surface area contributed by atoms with Gasteiger partial charge >= 0.3 is 0 Å². The van der Waals surface area contributed by atoms with Gasteiger partial charge in [-0.15, -0.1) is 0 Å². The summed E-state index contributed by atoms with van der Waals surface area (Å²) < 4.78 is 28.3. The van der Waals surface area contributed by atoms with E-state index < -0.39 is 10.2 Å². The van der Waals surface area contributed by atoms with E-state index in [0.717, 1.165) is 6.42 Å². The van der Waals surface area contributed by atoms with Crippen LogP contribution < -0.4 is 9.86 Å². The molecular weight excluding hydrogens is 192 g/mol. The van der Waals surface area contributed by atoms with Crippen LogP contribution in [0, 0.1) is 5.41 Å². The molecule has 0 atom stereocenters. The molecule has 0 aliphatic heterocycles. The van der Waals surface area contributed by atoms with E-state index in [1.54, 1.807) is 7.11 Å². The van der Waals surface area contributed by atoms with E-state index in [1.165, 1.54) is 0 Å². The molecule has 0 aliphatic rings. The highest BCUT2D eigenvalue weighted by atomic mass is 32.2. The van der Waals surface area contributed by atoms with Crippen molar-refractivity contribution in [2.75, 3.05) is 20.3 Å². The third-order valence-electron chi connectivity index (χ3n) is 1.73. The van der Waals surface area contributed by atoms with Gasteiger partial charge < -0.3 is 4.74 Å². The molecule has 0 fully saturated rings. The largest absolute Gasteiger partial charge is 0.385 e. The van der Waals surface area contributed by atoms with Gasteiger partial charge in [0, 0.05) is 20.3 Å². The van der Waals surface area contributed by atoms with E-state index in [0.29, 0.717) is 13.2 Å². The minimum absolute atomic E-state index is 0.136. The van der Waals surface area contributed by atoms with Crippen LogP contribution in [0.15, 0.2) is 0 Å². The summed E-state index contributed by atoms with van der Waals surface area (Å²) in [7, 11) is -1.96. The fraction of sp³-hybridized carbons (Fsp3) is 1.00. The Labute approximate surface area is 79.8 Å². The summed E-state index contributed by atoms with van der Waals surface area (Å²) in [5, 5.41) is 4.80. The van der Waals surface area contributed by atoms with E-state index >= 15 is 0 Å². The third-order valence-corrected chi connectivity index (χ3v) is 2.28. The Morgan fingerprint density at radius 1 is 1.46 bits per heavy atom. The van der Waals surface area contributed by atoms with E-state index in [-0.39, 0.29) is 5.41 Å². The average Bonchev–Trinajstić information content (AvgIpc) is 1.97. The second-order valence-electron chi connectivity index (χ2n) is 3.77. The van der Waals surface area contributed by atoms with Crippen molar-refractivity contribution in [1.82, 2.24) is 4.72 Å². The van der Waals surface area contributed by atoms with Gasteiger partial charge in [0.25, 0.3) is 10.2 Å². The topological polar surface area (TPSA) is 81.4 Å². The summed E-state index contributed by atoms with van der Waals surface area (Å²) in [5.41, 5.74) is -0.136. The van der Waals surface area contributed by atoms with Crippen molar-refractivity contribution < 1.29 is 13.2 Å². The van der Waals surface area contributed by atoms with Crippen molar-refractivity contribution in [3.8, 4) is 0 Å². The lowest BCUT2D eigenvalue weighted by Gasteiger charge is -2.23. The van der Waals surface area contributed by atoms with Crippen LogP contribution in [-0.2, 0) is 14.9 Å². The molecule has 0 aliphatic carbocycles. The summed E-state index contributed by atoms with van der Waals surface area (Å²) in [4.78, 5) is 0. The lowest BCUT2D eigenvalue weighted by atomic mass is 9.90. The van der Waals surface area contributed by atoms with Gasteiger partial charge in [0.05, 0.1) is 0 Å². The molecule has 0 aromatic rings. The van der Waals surface area contributed by atoms with Crippen LogP contribution in [0.1, 0.15) is 20.3 Å². The SMILES string of the molecule is COCCC(C)(C)CNS(N)(=O)=O. The predicted molar refractivity (Wildman–Crippen MR) is 51.4 cm³/mol. The number of hydrogen-bond donors (Lipinski definition) is 2. The molecule has 0 heterocycles. The first kappa shape index (κ1) is 12.8. The first-order valence-corrected chi connectivity index (χ1v) is 5.58. The van der Waals surface area contributed by atoms with Crippen LogP contribution >= 0.6 is 0 Å². The fourth-order valence-corrected chi connectivity index (χ4v) is 1.35. The van der Waals surface area contributed by atoms with E-state index in [4.69, 9.17) is 9.88 Å². The van der Waals surface area contributed by atoms with E-state index in [1.807, 2.05) is 13.8 Å². The number of methoxy groups -OCH3 is 1. The molecule has 80 valence electrons. The summed E-state index contributed by atoms with van der Waals surface area (Å²) in [5.74, 6) is 0. The fourth-order valence-electron chi connectivity index (χ4n) is 0.763. The third kappa shape index (κ3) is 8.17. The Hall–Kier alpha value is -0.170. The monoisotopic (exact) mass is 210 g/mol. The highest BCUT2D eigenvalue weighted by molar-refractivity contribution is 7.87. The van der Waals surface area contributed by atoms with Gasteiger partial charge in [-0.2, -0.15) is 8.42 Å². The van der Waals surface area contributed by atoms with Gasteiger partial charge in [-0.25, -0.2) is 9.86 Å². The maximum atomic E-state index is 10.6. The summed E-state index contributed by atoms with van der Waals surface area (Å²) >= 11 is 0. The van der Waals surface area contributed by atoms with Gasteiger partial charge in [-0.05, 0) is 11.8 Å². The average molecular weight is 210 g/mol. The van der Waals surface area contributed by atoms with Gasteiger partial charge in [-0.3, -0.25) is 0 Å². The number of nitrogens with one attached hydrogen (secondary N) is 1. The van der Waals surface area contributed by atoms with Gasteiger partial charge in [0.15, 0.2) is 0 Å². The van der Waals surface area contributed by atoms with Crippen LogP contribution in [0.25, 0.3) is 0 Å². The first-order valence-electron chi connectivity index (χ1n) is 4.03. The minimum atomic E-state index is -3.57. The van der Waals surface area contributed by atoms with Crippen LogP contribution in [-0.4, -0.2) is 28.7 Å². The van der Waals surface area contributed by atoms with Gasteiger partial charge in [0.2, 0.25) is 0 Å². The predicted octanol–water partition coefficient (Wildman–Crippen LogP) is -0.158. The van der Waals surface area contributed by atoms with Gasteiger partial charge in [-0.1, -0.05) is 13.8 Å². The second kappa shape index (κ2) is 4.90. The summed E-state index contributed by atoms with van der Waals surface area (Å²) in [6.45, 7) is 4.84. The molecule has 0 unspecified atom stereocenters. The lowest BCUT2D eigenvalue weighted by Crippen LogP contribution is -2.38. The minimum Gasteiger partial charge on any atom is -0.385 e. The summed E-state index contributed by atoms with van der Waals surface area (Å²) in [6.07, 6.45) is 0.784. The number of rotatable bonds is 6. The lowest BCUT2D eigenvalue weighted by molar-refractivity contribution is 0.153. The molecule has 0 spiro atoms. The Bertz CT molecular complexity index is 236. The molecule has 5 nitrogen and oxygen atoms in total. The molecule has 0 radical (unpaired) electrons. The Balaban J connectivity index is 3.89. The van der Waals surface area contributed by atoms with Crippen LogP contribution in [0.4, 0.5) is 0 Å². The zero-order valence-electron chi connectivity index (χ0n) is 8.33. The quantitative estimate of drug-likeness (QED) is 0.639. The Morgan fingerprint density at radius 2 is 2.00 bits per heavy atom. The van der Waals surface area contributed by atoms with Crippen molar-refractivity contribution in [2.24, 2.45) is 10.6 Å². The molecule has 0 saturated carbocycles. The van der Waals surface area contributed by atoms with E-state index in [9.17, 15) is 8.42 Å². The maximum Gasteiger partial charge on any atom is 0.274 e. The molecule has 0 aromatic carbocycles. The standard InChI is InChI=1S/C7H18N2O3S/c1-7(2,4-5-12-3)6-9-13(8,10)11/h9H,4-6H2,1-3H3,(H2,8,10,11).